The number of aldehydes is 1. The van der Waals surface area contributed by atoms with Crippen molar-refractivity contribution >= 4 is 18.0 Å². The van der Waals surface area contributed by atoms with Crippen molar-refractivity contribution in [2.24, 2.45) is 0 Å². The lowest BCUT2D eigenvalue weighted by Gasteiger charge is -2.31. The Bertz CT molecular complexity index is 186. The molecule has 1 atom stereocenters. The van der Waals surface area contributed by atoms with Crippen molar-refractivity contribution in [2.45, 2.75) is 19.6 Å². The number of allylic oxidation sites excluding steroid dienone is 1. The van der Waals surface area contributed by atoms with Gasteiger partial charge in [0.1, 0.15) is 6.29 Å². The smallest absolute Gasteiger partial charge is 0.174 e. The van der Waals surface area contributed by atoms with E-state index in [1.54, 1.807) is 14.0 Å². The first kappa shape index (κ1) is 13.7. The maximum Gasteiger partial charge on any atom is 0.174 e. The zero-order chi connectivity index (χ0) is 11.0. The fraction of sp³-hybridized carbons (Fsp3) is 0.700. The first-order chi connectivity index (χ1) is 6.54. The Morgan fingerprint density at radius 1 is 1.71 bits per heavy atom. The minimum Gasteiger partial charge on any atom is -0.353 e. The van der Waals surface area contributed by atoms with Crippen LogP contribution in [0.2, 0.25) is 0 Å². The lowest BCUT2D eigenvalue weighted by molar-refractivity contribution is -0.193. The van der Waals surface area contributed by atoms with Gasteiger partial charge in [-0.1, -0.05) is 6.58 Å². The third-order valence-electron chi connectivity index (χ3n) is 1.63. The van der Waals surface area contributed by atoms with Crippen LogP contribution in [0, 0.1) is 0 Å². The van der Waals surface area contributed by atoms with Gasteiger partial charge < -0.3 is 9.47 Å². The predicted octanol–water partition coefficient (Wildman–Crippen LogP) is 1.87. The van der Waals surface area contributed by atoms with Crippen LogP contribution in [-0.2, 0) is 14.3 Å². The zero-order valence-electron chi connectivity index (χ0n) is 9.04. The molecule has 0 amide bonds. The summed E-state index contributed by atoms with van der Waals surface area (Å²) >= 11 is 1.88. The maximum absolute atomic E-state index is 9.41. The van der Waals surface area contributed by atoms with Crippen LogP contribution in [-0.4, -0.2) is 37.3 Å². The highest BCUT2D eigenvalue weighted by Gasteiger charge is 2.27. The molecule has 82 valence electrons. The van der Waals surface area contributed by atoms with Gasteiger partial charge in [0, 0.05) is 18.6 Å². The molecule has 1 aliphatic heterocycles. The van der Waals surface area contributed by atoms with E-state index in [0.717, 1.165) is 24.4 Å². The van der Waals surface area contributed by atoms with Gasteiger partial charge in [0.2, 0.25) is 0 Å². The van der Waals surface area contributed by atoms with E-state index in [9.17, 15) is 4.79 Å². The summed E-state index contributed by atoms with van der Waals surface area (Å²) < 4.78 is 10.5. The molecule has 1 aliphatic rings. The highest BCUT2D eigenvalue weighted by Crippen LogP contribution is 2.22. The van der Waals surface area contributed by atoms with Gasteiger partial charge in [0.05, 0.1) is 6.61 Å². The lowest BCUT2D eigenvalue weighted by Crippen LogP contribution is -2.38. The molecule has 1 saturated heterocycles. The fourth-order valence-corrected chi connectivity index (χ4v) is 1.65. The molecule has 1 unspecified atom stereocenters. The second-order valence-electron chi connectivity index (χ2n) is 3.20. The van der Waals surface area contributed by atoms with Gasteiger partial charge >= 0.3 is 0 Å². The summed E-state index contributed by atoms with van der Waals surface area (Å²) in [5, 5.41) is 0. The van der Waals surface area contributed by atoms with E-state index < -0.39 is 0 Å². The summed E-state index contributed by atoms with van der Waals surface area (Å²) in [7, 11) is 1.69. The quantitative estimate of drug-likeness (QED) is 0.523. The number of methoxy groups -OCH3 is 1. The van der Waals surface area contributed by atoms with Crippen molar-refractivity contribution in [2.75, 3.05) is 25.2 Å². The lowest BCUT2D eigenvalue weighted by atomic mass is 10.4. The van der Waals surface area contributed by atoms with Crippen LogP contribution in [0.4, 0.5) is 0 Å². The first-order valence-corrected chi connectivity index (χ1v) is 5.57. The van der Waals surface area contributed by atoms with Crippen LogP contribution < -0.4 is 0 Å². The highest BCUT2D eigenvalue weighted by molar-refractivity contribution is 7.99. The molecule has 4 heteroatoms. The van der Waals surface area contributed by atoms with Gasteiger partial charge in [0.15, 0.2) is 5.79 Å². The van der Waals surface area contributed by atoms with E-state index in [0.29, 0.717) is 5.57 Å². The SMILES string of the molecule is C=C(C)C=O.COC1(C)CSCCO1. The van der Waals surface area contributed by atoms with Crippen LogP contribution in [0.1, 0.15) is 13.8 Å². The van der Waals surface area contributed by atoms with Crippen LogP contribution in [0.15, 0.2) is 12.2 Å². The van der Waals surface area contributed by atoms with E-state index in [-0.39, 0.29) is 5.79 Å². The molecule has 0 N–H and O–H groups in total. The van der Waals surface area contributed by atoms with Crippen molar-refractivity contribution in [1.29, 1.82) is 0 Å². The molecule has 0 aromatic rings. The maximum atomic E-state index is 9.41. The number of rotatable bonds is 2. The molecule has 0 aromatic carbocycles. The minimum atomic E-state index is -0.317. The van der Waals surface area contributed by atoms with Crippen LogP contribution in [0.3, 0.4) is 0 Å². The van der Waals surface area contributed by atoms with Crippen molar-refractivity contribution in [3.05, 3.63) is 12.2 Å². The highest BCUT2D eigenvalue weighted by atomic mass is 32.2. The van der Waals surface area contributed by atoms with Crippen LogP contribution >= 0.6 is 11.8 Å². The molecule has 0 saturated carbocycles. The van der Waals surface area contributed by atoms with E-state index in [1.165, 1.54) is 0 Å². The van der Waals surface area contributed by atoms with Crippen LogP contribution in [0.5, 0.6) is 0 Å². The van der Waals surface area contributed by atoms with Gasteiger partial charge in [-0.15, -0.1) is 0 Å². The minimum absolute atomic E-state index is 0.317. The molecular formula is C10H18O3S. The van der Waals surface area contributed by atoms with Gasteiger partial charge in [0.25, 0.3) is 0 Å². The Morgan fingerprint density at radius 2 is 2.29 bits per heavy atom. The molecule has 0 spiro atoms. The van der Waals surface area contributed by atoms with E-state index >= 15 is 0 Å². The van der Waals surface area contributed by atoms with Gasteiger partial charge in [-0.25, -0.2) is 0 Å². The number of ether oxygens (including phenoxy) is 2. The van der Waals surface area contributed by atoms with Crippen molar-refractivity contribution < 1.29 is 14.3 Å². The number of thioether (sulfide) groups is 1. The monoisotopic (exact) mass is 218 g/mol. The number of carbonyl (C=O) groups excluding carboxylic acids is 1. The van der Waals surface area contributed by atoms with E-state index in [1.807, 2.05) is 18.7 Å². The second kappa shape index (κ2) is 7.04. The third-order valence-corrected chi connectivity index (χ3v) is 2.82. The predicted molar refractivity (Wildman–Crippen MR) is 59.6 cm³/mol. The molecule has 1 heterocycles. The topological polar surface area (TPSA) is 35.5 Å². The Hall–Kier alpha value is -0.320. The molecular weight excluding hydrogens is 200 g/mol. The standard InChI is InChI=1S/C6H12O2S.C4H6O/c1-6(7-2)5-9-4-3-8-6;1-4(2)3-5/h3-5H2,1-2H3;3H,1H2,2H3. The fourth-order valence-electron chi connectivity index (χ4n) is 0.734. The zero-order valence-corrected chi connectivity index (χ0v) is 9.86. The normalized spacial score (nSPS) is 25.9. The van der Waals surface area contributed by atoms with Crippen molar-refractivity contribution in [3.63, 3.8) is 0 Å². The summed E-state index contributed by atoms with van der Waals surface area (Å²) in [4.78, 5) is 9.41. The first-order valence-electron chi connectivity index (χ1n) is 4.41. The Morgan fingerprint density at radius 3 is 2.50 bits per heavy atom. The third kappa shape index (κ3) is 6.18. The van der Waals surface area contributed by atoms with E-state index in [2.05, 4.69) is 6.58 Å². The molecule has 0 bridgehead atoms. The molecule has 0 aliphatic carbocycles. The average Bonchev–Trinajstić information content (AvgIpc) is 2.20. The van der Waals surface area contributed by atoms with Crippen LogP contribution in [0.25, 0.3) is 0 Å². The number of hydrogen-bond donors (Lipinski definition) is 0. The summed E-state index contributed by atoms with van der Waals surface area (Å²) in [5.41, 5.74) is 0.574. The van der Waals surface area contributed by atoms with Gasteiger partial charge in [-0.3, -0.25) is 4.79 Å². The molecule has 1 rings (SSSR count). The summed E-state index contributed by atoms with van der Waals surface area (Å²) in [6.45, 7) is 7.75. The van der Waals surface area contributed by atoms with Crippen molar-refractivity contribution in [3.8, 4) is 0 Å². The Balaban J connectivity index is 0.000000292. The summed E-state index contributed by atoms with van der Waals surface area (Å²) in [6.07, 6.45) is 0.722. The summed E-state index contributed by atoms with van der Waals surface area (Å²) in [5.74, 6) is 1.73. The van der Waals surface area contributed by atoms with Crippen molar-refractivity contribution in [1.82, 2.24) is 0 Å². The largest absolute Gasteiger partial charge is 0.353 e. The molecule has 0 aromatic heterocycles. The Kier molecular flexibility index (Phi) is 6.87. The number of hydrogen-bond acceptors (Lipinski definition) is 4. The molecule has 3 nitrogen and oxygen atoms in total. The van der Waals surface area contributed by atoms with E-state index in [4.69, 9.17) is 9.47 Å². The molecule has 1 fully saturated rings. The molecule has 0 radical (unpaired) electrons. The van der Waals surface area contributed by atoms with Gasteiger partial charge in [-0.2, -0.15) is 11.8 Å². The second-order valence-corrected chi connectivity index (χ2v) is 4.31. The Labute approximate surface area is 89.8 Å². The number of carbonyl (C=O) groups is 1. The van der Waals surface area contributed by atoms with Gasteiger partial charge in [-0.05, 0) is 19.4 Å². The molecule has 14 heavy (non-hydrogen) atoms. The average molecular weight is 218 g/mol. The summed E-state index contributed by atoms with van der Waals surface area (Å²) in [6, 6.07) is 0.